The number of nitro groups is 1. The van der Waals surface area contributed by atoms with Crippen molar-refractivity contribution in [3.63, 3.8) is 0 Å². The molecule has 0 aliphatic heterocycles. The van der Waals surface area contributed by atoms with Crippen molar-refractivity contribution in [2.75, 3.05) is 11.9 Å². The Morgan fingerprint density at radius 1 is 1.62 bits per heavy atom. The molecule has 0 fully saturated rings. The van der Waals surface area contributed by atoms with Gasteiger partial charge in [0.05, 0.1) is 22.6 Å². The molecule has 0 saturated heterocycles. The van der Waals surface area contributed by atoms with Crippen LogP contribution in [0.4, 0.5) is 5.69 Å². The summed E-state index contributed by atoms with van der Waals surface area (Å²) in [5.41, 5.74) is -0.0223. The predicted molar refractivity (Wildman–Crippen MR) is 66.6 cm³/mol. The summed E-state index contributed by atoms with van der Waals surface area (Å²) in [4.78, 5) is 10.1. The van der Waals surface area contributed by atoms with Crippen molar-refractivity contribution in [3.05, 3.63) is 33.3 Å². The van der Waals surface area contributed by atoms with Gasteiger partial charge in [-0.3, -0.25) is 10.1 Å². The second-order valence-electron chi connectivity index (χ2n) is 3.44. The first-order chi connectivity index (χ1) is 7.54. The molecule has 0 aliphatic rings. The van der Waals surface area contributed by atoms with E-state index in [0.717, 1.165) is 5.33 Å². The van der Waals surface area contributed by atoms with Gasteiger partial charge in [0.2, 0.25) is 0 Å². The van der Waals surface area contributed by atoms with Crippen LogP contribution in [-0.2, 0) is 0 Å². The number of nitro benzene ring substituents is 1. The van der Waals surface area contributed by atoms with E-state index in [1.54, 1.807) is 0 Å². The predicted octanol–water partition coefficient (Wildman–Crippen LogP) is 3.66. The van der Waals surface area contributed by atoms with Gasteiger partial charge in [0.15, 0.2) is 0 Å². The number of nitrogens with zero attached hydrogens (tertiary/aromatic N) is 1. The highest BCUT2D eigenvalue weighted by Crippen LogP contribution is 2.29. The standard InChI is InChI=1S/C10H11BrClNO3/c1-7(5-11)6-16-10-4-8(13(14)15)2-3-9(10)12/h2-4,7H,5-6H2,1H3. The monoisotopic (exact) mass is 307 g/mol. The first kappa shape index (κ1) is 13.3. The van der Waals surface area contributed by atoms with E-state index in [4.69, 9.17) is 16.3 Å². The average molecular weight is 309 g/mol. The second kappa shape index (κ2) is 6.06. The number of rotatable bonds is 5. The van der Waals surface area contributed by atoms with Crippen LogP contribution in [0.3, 0.4) is 0 Å². The van der Waals surface area contributed by atoms with E-state index in [2.05, 4.69) is 15.9 Å². The van der Waals surface area contributed by atoms with E-state index in [1.165, 1.54) is 18.2 Å². The average Bonchev–Trinajstić information content (AvgIpc) is 2.27. The topological polar surface area (TPSA) is 52.4 Å². The zero-order chi connectivity index (χ0) is 12.1. The highest BCUT2D eigenvalue weighted by Gasteiger charge is 2.11. The van der Waals surface area contributed by atoms with Gasteiger partial charge >= 0.3 is 0 Å². The number of halogens is 2. The van der Waals surface area contributed by atoms with Crippen LogP contribution in [0.2, 0.25) is 5.02 Å². The van der Waals surface area contributed by atoms with Crippen molar-refractivity contribution in [3.8, 4) is 5.75 Å². The number of hydrogen-bond donors (Lipinski definition) is 0. The Bertz CT molecular complexity index is 386. The Balaban J connectivity index is 2.78. The van der Waals surface area contributed by atoms with Gasteiger partial charge in [-0.05, 0) is 12.0 Å². The highest BCUT2D eigenvalue weighted by atomic mass is 79.9. The molecule has 0 aromatic heterocycles. The first-order valence-corrected chi connectivity index (χ1v) is 6.17. The van der Waals surface area contributed by atoms with Crippen LogP contribution in [0.1, 0.15) is 6.92 Å². The molecule has 0 N–H and O–H groups in total. The van der Waals surface area contributed by atoms with Gasteiger partial charge in [-0.1, -0.05) is 34.5 Å². The Hall–Kier alpha value is -0.810. The van der Waals surface area contributed by atoms with E-state index in [9.17, 15) is 10.1 Å². The molecule has 1 aromatic rings. The third-order valence-electron chi connectivity index (χ3n) is 1.91. The molecule has 1 rings (SSSR count). The summed E-state index contributed by atoms with van der Waals surface area (Å²) >= 11 is 9.19. The molecular formula is C10H11BrClNO3. The highest BCUT2D eigenvalue weighted by molar-refractivity contribution is 9.09. The Morgan fingerprint density at radius 3 is 2.88 bits per heavy atom. The maximum absolute atomic E-state index is 10.6. The molecule has 16 heavy (non-hydrogen) atoms. The molecule has 4 nitrogen and oxygen atoms in total. The number of ether oxygens (including phenoxy) is 1. The first-order valence-electron chi connectivity index (χ1n) is 4.67. The van der Waals surface area contributed by atoms with Crippen molar-refractivity contribution in [1.29, 1.82) is 0 Å². The molecule has 6 heteroatoms. The SMILES string of the molecule is CC(CBr)COc1cc([N+](=O)[O-])ccc1Cl. The van der Waals surface area contributed by atoms with Crippen LogP contribution < -0.4 is 4.74 Å². The zero-order valence-electron chi connectivity index (χ0n) is 8.65. The lowest BCUT2D eigenvalue weighted by Gasteiger charge is -2.11. The number of non-ortho nitro benzene ring substituents is 1. The maximum atomic E-state index is 10.6. The molecule has 0 heterocycles. The van der Waals surface area contributed by atoms with Gasteiger partial charge in [-0.15, -0.1) is 0 Å². The largest absolute Gasteiger partial charge is 0.491 e. The molecule has 0 radical (unpaired) electrons. The Kier molecular flexibility index (Phi) is 5.02. The van der Waals surface area contributed by atoms with Crippen LogP contribution in [-0.4, -0.2) is 16.9 Å². The van der Waals surface area contributed by atoms with Crippen LogP contribution in [0.25, 0.3) is 0 Å². The van der Waals surface area contributed by atoms with Gasteiger partial charge in [0.1, 0.15) is 5.75 Å². The van der Waals surface area contributed by atoms with Gasteiger partial charge in [-0.25, -0.2) is 0 Å². The lowest BCUT2D eigenvalue weighted by molar-refractivity contribution is -0.384. The number of hydrogen-bond acceptors (Lipinski definition) is 3. The summed E-state index contributed by atoms with van der Waals surface area (Å²) in [5, 5.41) is 11.7. The Labute approximate surface area is 107 Å². The zero-order valence-corrected chi connectivity index (χ0v) is 11.0. The van der Waals surface area contributed by atoms with Gasteiger partial charge < -0.3 is 4.74 Å². The van der Waals surface area contributed by atoms with Crippen molar-refractivity contribution < 1.29 is 9.66 Å². The van der Waals surface area contributed by atoms with Crippen LogP contribution in [0, 0.1) is 16.0 Å². The summed E-state index contributed by atoms with van der Waals surface area (Å²) in [5.74, 6) is 0.666. The van der Waals surface area contributed by atoms with Crippen molar-refractivity contribution >= 4 is 33.2 Å². The fourth-order valence-electron chi connectivity index (χ4n) is 0.993. The van der Waals surface area contributed by atoms with E-state index in [-0.39, 0.29) is 5.69 Å². The molecule has 0 saturated carbocycles. The van der Waals surface area contributed by atoms with Gasteiger partial charge in [-0.2, -0.15) is 0 Å². The van der Waals surface area contributed by atoms with E-state index >= 15 is 0 Å². The van der Waals surface area contributed by atoms with Crippen molar-refractivity contribution in [1.82, 2.24) is 0 Å². The summed E-state index contributed by atoms with van der Waals surface area (Å²) in [6, 6.07) is 4.15. The molecule has 0 spiro atoms. The minimum atomic E-state index is -0.475. The van der Waals surface area contributed by atoms with Gasteiger partial charge in [0, 0.05) is 11.4 Å². The molecule has 0 amide bonds. The fourth-order valence-corrected chi connectivity index (χ4v) is 1.35. The van der Waals surface area contributed by atoms with Crippen molar-refractivity contribution in [2.24, 2.45) is 5.92 Å². The third kappa shape index (κ3) is 3.64. The summed E-state index contributed by atoms with van der Waals surface area (Å²) in [6.45, 7) is 2.46. The third-order valence-corrected chi connectivity index (χ3v) is 3.33. The number of alkyl halides is 1. The lowest BCUT2D eigenvalue weighted by Crippen LogP contribution is -2.09. The minimum absolute atomic E-state index is 0.0223. The quantitative estimate of drug-likeness (QED) is 0.474. The van der Waals surface area contributed by atoms with Crippen LogP contribution in [0.15, 0.2) is 18.2 Å². The summed E-state index contributed by atoms with van der Waals surface area (Å²) in [6.07, 6.45) is 0. The molecule has 0 bridgehead atoms. The molecular weight excluding hydrogens is 297 g/mol. The Morgan fingerprint density at radius 2 is 2.31 bits per heavy atom. The van der Waals surface area contributed by atoms with Gasteiger partial charge in [0.25, 0.3) is 5.69 Å². The summed E-state index contributed by atoms with van der Waals surface area (Å²) in [7, 11) is 0. The van der Waals surface area contributed by atoms with E-state index < -0.39 is 4.92 Å². The van der Waals surface area contributed by atoms with E-state index in [0.29, 0.717) is 23.3 Å². The van der Waals surface area contributed by atoms with Crippen molar-refractivity contribution in [2.45, 2.75) is 6.92 Å². The lowest BCUT2D eigenvalue weighted by atomic mass is 10.2. The second-order valence-corrected chi connectivity index (χ2v) is 4.50. The van der Waals surface area contributed by atoms with E-state index in [1.807, 2.05) is 6.92 Å². The van der Waals surface area contributed by atoms with Crippen LogP contribution in [0.5, 0.6) is 5.75 Å². The normalized spacial score (nSPS) is 12.2. The molecule has 1 atom stereocenters. The maximum Gasteiger partial charge on any atom is 0.273 e. The molecule has 1 unspecified atom stereocenters. The molecule has 0 aliphatic carbocycles. The minimum Gasteiger partial charge on any atom is -0.491 e. The van der Waals surface area contributed by atoms with Crippen LogP contribution >= 0.6 is 27.5 Å². The fraction of sp³-hybridized carbons (Fsp3) is 0.400. The molecule has 88 valence electrons. The number of benzene rings is 1. The smallest absolute Gasteiger partial charge is 0.273 e. The molecule has 1 aromatic carbocycles. The summed E-state index contributed by atoms with van der Waals surface area (Å²) < 4.78 is 5.41.